The molecule has 2 aromatic rings. The van der Waals surface area contributed by atoms with Crippen LogP contribution in [0.25, 0.3) is 6.08 Å². The van der Waals surface area contributed by atoms with Gasteiger partial charge in [-0.1, -0.05) is 65.4 Å². The molecule has 2 N–H and O–H groups in total. The monoisotopic (exact) mass is 408 g/mol. The van der Waals surface area contributed by atoms with Crippen molar-refractivity contribution in [1.29, 1.82) is 0 Å². The first-order valence-electron chi connectivity index (χ1n) is 7.00. The van der Waals surface area contributed by atoms with Crippen molar-refractivity contribution in [3.8, 4) is 0 Å². The van der Waals surface area contributed by atoms with E-state index in [0.29, 0.717) is 30.5 Å². The molecule has 1 heterocycles. The number of para-hydroxylation sites is 1. The van der Waals surface area contributed by atoms with E-state index < -0.39 is 5.91 Å². The molecule has 4 nitrogen and oxygen atoms in total. The smallest absolute Gasteiger partial charge is 0.270 e. The fraction of sp³-hybridized carbons (Fsp3) is 0. The molecule has 0 unspecified atom stereocenters. The van der Waals surface area contributed by atoms with Gasteiger partial charge in [0.05, 0.1) is 16.2 Å². The summed E-state index contributed by atoms with van der Waals surface area (Å²) >= 11 is 18.5. The number of nitrogens with two attached hydrogens (primary N) is 1. The highest BCUT2D eigenvalue weighted by Crippen LogP contribution is 2.38. The van der Waals surface area contributed by atoms with Crippen LogP contribution in [-0.4, -0.2) is 16.1 Å². The van der Waals surface area contributed by atoms with Crippen molar-refractivity contribution in [1.82, 2.24) is 0 Å². The van der Waals surface area contributed by atoms with Crippen molar-refractivity contribution in [3.05, 3.63) is 68.5 Å². The van der Waals surface area contributed by atoms with E-state index in [1.807, 2.05) is 0 Å². The Hall–Kier alpha value is -1.86. The number of halogens is 2. The second-order valence-electron chi connectivity index (χ2n) is 5.06. The number of anilines is 1. The lowest BCUT2D eigenvalue weighted by Gasteiger charge is -2.17. The van der Waals surface area contributed by atoms with Crippen LogP contribution in [0, 0.1) is 0 Å². The van der Waals surface area contributed by atoms with Crippen LogP contribution in [0.5, 0.6) is 0 Å². The Kier molecular flexibility index (Phi) is 5.15. The summed E-state index contributed by atoms with van der Waals surface area (Å²) in [7, 11) is 0. The van der Waals surface area contributed by atoms with Gasteiger partial charge in [0.15, 0.2) is 4.32 Å². The third-order valence-electron chi connectivity index (χ3n) is 3.45. The molecule has 0 radical (unpaired) electrons. The van der Waals surface area contributed by atoms with E-state index in [1.165, 1.54) is 4.90 Å². The molecule has 0 aromatic heterocycles. The summed E-state index contributed by atoms with van der Waals surface area (Å²) in [6, 6.07) is 11.6. The Labute approximate surface area is 163 Å². The molecule has 25 heavy (non-hydrogen) atoms. The predicted molar refractivity (Wildman–Crippen MR) is 107 cm³/mol. The first-order chi connectivity index (χ1) is 11.9. The molecule has 2 amide bonds. The Bertz CT molecular complexity index is 944. The molecule has 8 heteroatoms. The van der Waals surface area contributed by atoms with Gasteiger partial charge in [-0.15, -0.1) is 0 Å². The molecule has 1 aliphatic rings. The number of primary amides is 1. The number of amides is 2. The number of nitrogens with zero attached hydrogens (tertiary/aromatic N) is 1. The summed E-state index contributed by atoms with van der Waals surface area (Å²) in [4.78, 5) is 26.1. The van der Waals surface area contributed by atoms with Crippen molar-refractivity contribution < 1.29 is 9.59 Å². The van der Waals surface area contributed by atoms with Gasteiger partial charge in [-0.25, -0.2) is 0 Å². The average molecular weight is 409 g/mol. The summed E-state index contributed by atoms with van der Waals surface area (Å²) in [6.45, 7) is 0. The van der Waals surface area contributed by atoms with Crippen LogP contribution in [0.4, 0.5) is 5.69 Å². The number of rotatable bonds is 3. The summed E-state index contributed by atoms with van der Waals surface area (Å²) < 4.78 is 0.315. The van der Waals surface area contributed by atoms with Gasteiger partial charge in [0.25, 0.3) is 11.8 Å². The summed E-state index contributed by atoms with van der Waals surface area (Å²) in [5.74, 6) is -0.968. The lowest BCUT2D eigenvalue weighted by atomic mass is 10.1. The third-order valence-corrected chi connectivity index (χ3v) is 5.32. The van der Waals surface area contributed by atoms with Crippen molar-refractivity contribution in [2.24, 2.45) is 5.73 Å². The molecule has 0 spiro atoms. The van der Waals surface area contributed by atoms with Gasteiger partial charge in [-0.2, -0.15) is 0 Å². The fourth-order valence-electron chi connectivity index (χ4n) is 2.31. The molecule has 2 aromatic carbocycles. The molecule has 0 saturated carbocycles. The van der Waals surface area contributed by atoms with Crippen molar-refractivity contribution in [3.63, 3.8) is 0 Å². The first kappa shape index (κ1) is 17.9. The largest absolute Gasteiger partial charge is 0.366 e. The maximum Gasteiger partial charge on any atom is 0.270 e. The summed E-state index contributed by atoms with van der Waals surface area (Å²) in [6.07, 6.45) is 1.64. The van der Waals surface area contributed by atoms with E-state index >= 15 is 0 Å². The molecule has 126 valence electrons. The van der Waals surface area contributed by atoms with E-state index in [2.05, 4.69) is 0 Å². The number of hydrogen-bond acceptors (Lipinski definition) is 4. The molecular formula is C17H10Cl2N2O2S2. The standard InChI is InChI=1S/C17H10Cl2N2O2S2/c18-10-6-5-9(12(19)8-10)7-14-16(23)21(17(24)25-14)13-4-2-1-3-11(13)15(20)22/h1-8H,(H2,20,22)/b14-7-. The molecule has 1 saturated heterocycles. The van der Waals surface area contributed by atoms with Gasteiger partial charge in [0.2, 0.25) is 0 Å². The second kappa shape index (κ2) is 7.17. The van der Waals surface area contributed by atoms with Crippen LogP contribution in [-0.2, 0) is 4.79 Å². The van der Waals surface area contributed by atoms with Gasteiger partial charge in [-0.3, -0.25) is 14.5 Å². The van der Waals surface area contributed by atoms with Gasteiger partial charge >= 0.3 is 0 Å². The number of hydrogen-bond donors (Lipinski definition) is 1. The highest BCUT2D eigenvalue weighted by molar-refractivity contribution is 8.27. The lowest BCUT2D eigenvalue weighted by molar-refractivity contribution is -0.113. The minimum atomic E-state index is -0.630. The molecule has 0 atom stereocenters. The van der Waals surface area contributed by atoms with E-state index in [0.717, 1.165) is 11.8 Å². The van der Waals surface area contributed by atoms with E-state index in [4.69, 9.17) is 41.2 Å². The van der Waals surface area contributed by atoms with Crippen LogP contribution in [0.1, 0.15) is 15.9 Å². The third kappa shape index (κ3) is 3.57. The van der Waals surface area contributed by atoms with Gasteiger partial charge in [-0.05, 0) is 35.9 Å². The first-order valence-corrected chi connectivity index (χ1v) is 8.98. The van der Waals surface area contributed by atoms with Gasteiger partial charge in [0, 0.05) is 10.0 Å². The van der Waals surface area contributed by atoms with Crippen LogP contribution in [0.3, 0.4) is 0 Å². The van der Waals surface area contributed by atoms with Crippen LogP contribution >= 0.6 is 47.2 Å². The van der Waals surface area contributed by atoms with Gasteiger partial charge in [0.1, 0.15) is 0 Å². The Balaban J connectivity index is 2.01. The Morgan fingerprint density at radius 3 is 2.60 bits per heavy atom. The van der Waals surface area contributed by atoms with Gasteiger partial charge < -0.3 is 5.73 Å². The normalized spacial score (nSPS) is 15.9. The minimum Gasteiger partial charge on any atom is -0.366 e. The average Bonchev–Trinajstić information content (AvgIpc) is 2.84. The molecule has 0 bridgehead atoms. The van der Waals surface area contributed by atoms with E-state index in [1.54, 1.807) is 48.5 Å². The van der Waals surface area contributed by atoms with Crippen LogP contribution in [0.15, 0.2) is 47.4 Å². The zero-order valence-electron chi connectivity index (χ0n) is 12.5. The molecule has 1 aliphatic heterocycles. The van der Waals surface area contributed by atoms with Crippen LogP contribution < -0.4 is 10.6 Å². The topological polar surface area (TPSA) is 63.4 Å². The molecule has 3 rings (SSSR count). The number of carbonyl (C=O) groups excluding carboxylic acids is 2. The number of thiocarbonyl (C=S) groups is 1. The van der Waals surface area contributed by atoms with E-state index in [9.17, 15) is 9.59 Å². The Morgan fingerprint density at radius 1 is 1.20 bits per heavy atom. The van der Waals surface area contributed by atoms with Crippen LogP contribution in [0.2, 0.25) is 10.0 Å². The quantitative estimate of drug-likeness (QED) is 0.599. The fourth-order valence-corrected chi connectivity index (χ4v) is 4.05. The minimum absolute atomic E-state index is 0.226. The number of thioether (sulfide) groups is 1. The van der Waals surface area contributed by atoms with Crippen molar-refractivity contribution in [2.75, 3.05) is 4.90 Å². The second-order valence-corrected chi connectivity index (χ2v) is 7.58. The Morgan fingerprint density at radius 2 is 1.92 bits per heavy atom. The van der Waals surface area contributed by atoms with Crippen molar-refractivity contribution in [2.45, 2.75) is 0 Å². The highest BCUT2D eigenvalue weighted by atomic mass is 35.5. The zero-order valence-corrected chi connectivity index (χ0v) is 15.7. The number of benzene rings is 2. The van der Waals surface area contributed by atoms with Crippen molar-refractivity contribution >= 4 is 75.1 Å². The lowest BCUT2D eigenvalue weighted by Crippen LogP contribution is -2.30. The molecule has 0 aliphatic carbocycles. The predicted octanol–water partition coefficient (Wildman–Crippen LogP) is 4.50. The number of carbonyl (C=O) groups is 2. The zero-order chi connectivity index (χ0) is 18.1. The summed E-state index contributed by atoms with van der Waals surface area (Å²) in [5, 5.41) is 0.931. The molecule has 1 fully saturated rings. The molecular weight excluding hydrogens is 399 g/mol. The summed E-state index contributed by atoms with van der Waals surface area (Å²) in [5.41, 5.74) is 6.63. The maximum absolute atomic E-state index is 12.8. The SMILES string of the molecule is NC(=O)c1ccccc1N1C(=O)/C(=C/c2ccc(Cl)cc2Cl)SC1=S. The van der Waals surface area contributed by atoms with E-state index in [-0.39, 0.29) is 11.5 Å². The highest BCUT2D eigenvalue weighted by Gasteiger charge is 2.35. The maximum atomic E-state index is 12.8.